The van der Waals surface area contributed by atoms with E-state index in [-0.39, 0.29) is 11.9 Å². The number of hydrogen-bond donors (Lipinski definition) is 1. The summed E-state index contributed by atoms with van der Waals surface area (Å²) in [6.45, 7) is 2.87. The van der Waals surface area contributed by atoms with Crippen molar-refractivity contribution in [3.05, 3.63) is 47.5 Å². The average molecular weight is 328 g/mol. The van der Waals surface area contributed by atoms with E-state index in [1.54, 1.807) is 11.1 Å². The molecule has 7 nitrogen and oxygen atoms in total. The van der Waals surface area contributed by atoms with Gasteiger partial charge >= 0.3 is 6.01 Å². The van der Waals surface area contributed by atoms with Crippen LogP contribution < -0.4 is 4.74 Å². The van der Waals surface area contributed by atoms with Crippen molar-refractivity contribution in [2.24, 2.45) is 0 Å². The number of carbonyl (C=O) groups is 1. The first kappa shape index (κ1) is 16.3. The predicted octanol–water partition coefficient (Wildman–Crippen LogP) is 1.31. The van der Waals surface area contributed by atoms with Crippen LogP contribution in [-0.2, 0) is 5.60 Å². The summed E-state index contributed by atoms with van der Waals surface area (Å²) in [7, 11) is 1.47. The van der Waals surface area contributed by atoms with E-state index in [0.29, 0.717) is 37.2 Å². The highest BCUT2D eigenvalue weighted by Crippen LogP contribution is 2.32. The molecule has 2 aromatic rings. The minimum absolute atomic E-state index is 0.142. The van der Waals surface area contributed by atoms with Crippen LogP contribution in [0.1, 0.15) is 34.5 Å². The summed E-state index contributed by atoms with van der Waals surface area (Å²) < 4.78 is 4.89. The third-order valence-electron chi connectivity index (χ3n) is 4.32. The van der Waals surface area contributed by atoms with Gasteiger partial charge in [0, 0.05) is 31.7 Å². The molecule has 0 atom stereocenters. The van der Waals surface area contributed by atoms with Crippen LogP contribution in [-0.4, -0.2) is 51.1 Å². The Labute approximate surface area is 140 Å². The summed E-state index contributed by atoms with van der Waals surface area (Å²) in [6, 6.07) is 4.02. The summed E-state index contributed by atoms with van der Waals surface area (Å²) in [5, 5.41) is 10.8. The fraction of sp³-hybridized carbons (Fsp3) is 0.412. The molecule has 1 N–H and O–H groups in total. The van der Waals surface area contributed by atoms with Gasteiger partial charge in [0.15, 0.2) is 0 Å². The van der Waals surface area contributed by atoms with E-state index in [1.165, 1.54) is 19.5 Å². The monoisotopic (exact) mass is 328 g/mol. The average Bonchev–Trinajstić information content (AvgIpc) is 2.62. The number of aliphatic hydroxyl groups is 1. The first-order valence-electron chi connectivity index (χ1n) is 7.83. The Balaban J connectivity index is 1.67. The Kier molecular flexibility index (Phi) is 4.44. The van der Waals surface area contributed by atoms with Crippen molar-refractivity contribution in [1.29, 1.82) is 0 Å². The van der Waals surface area contributed by atoms with E-state index in [2.05, 4.69) is 15.0 Å². The molecular formula is C17H20N4O3. The molecule has 1 amide bonds. The topological polar surface area (TPSA) is 88.4 Å². The lowest BCUT2D eigenvalue weighted by Gasteiger charge is -2.37. The summed E-state index contributed by atoms with van der Waals surface area (Å²) in [5.41, 5.74) is 1.14. The number of carbonyl (C=O) groups excluding carboxylic acids is 1. The number of ether oxygens (including phenoxy) is 1. The van der Waals surface area contributed by atoms with Crippen molar-refractivity contribution in [3.63, 3.8) is 0 Å². The van der Waals surface area contributed by atoms with Crippen molar-refractivity contribution in [2.75, 3.05) is 20.2 Å². The SMILES string of the molecule is COc1ncc(C(=O)N2CCC(O)(c3ccc(C)cn3)CC2)cn1. The Morgan fingerprint density at radius 2 is 1.83 bits per heavy atom. The number of aryl methyl sites for hydroxylation is 1. The lowest BCUT2D eigenvalue weighted by molar-refractivity contribution is -0.0244. The molecule has 0 unspecified atom stereocenters. The van der Waals surface area contributed by atoms with Gasteiger partial charge in [0.2, 0.25) is 0 Å². The zero-order chi connectivity index (χ0) is 17.2. The molecule has 126 valence electrons. The second-order valence-electron chi connectivity index (χ2n) is 6.00. The molecule has 0 radical (unpaired) electrons. The van der Waals surface area contributed by atoms with Gasteiger partial charge in [-0.25, -0.2) is 9.97 Å². The molecule has 3 heterocycles. The fourth-order valence-electron chi connectivity index (χ4n) is 2.79. The van der Waals surface area contributed by atoms with Gasteiger partial charge in [-0.2, -0.15) is 0 Å². The number of methoxy groups -OCH3 is 1. The van der Waals surface area contributed by atoms with Crippen LogP contribution in [0, 0.1) is 6.92 Å². The van der Waals surface area contributed by atoms with Gasteiger partial charge in [-0.1, -0.05) is 6.07 Å². The van der Waals surface area contributed by atoms with E-state index in [0.717, 1.165) is 5.56 Å². The van der Waals surface area contributed by atoms with E-state index < -0.39 is 5.60 Å². The maximum Gasteiger partial charge on any atom is 0.316 e. The third kappa shape index (κ3) is 3.21. The van der Waals surface area contributed by atoms with Crippen molar-refractivity contribution < 1.29 is 14.6 Å². The number of likely N-dealkylation sites (tertiary alicyclic amines) is 1. The Morgan fingerprint density at radius 1 is 1.17 bits per heavy atom. The molecule has 0 aromatic carbocycles. The first-order chi connectivity index (χ1) is 11.5. The van der Waals surface area contributed by atoms with Gasteiger partial charge in [0.1, 0.15) is 5.60 Å². The van der Waals surface area contributed by atoms with Crippen LogP contribution in [0.2, 0.25) is 0 Å². The van der Waals surface area contributed by atoms with Gasteiger partial charge in [0.25, 0.3) is 5.91 Å². The Hall–Kier alpha value is -2.54. The standard InChI is InChI=1S/C17H20N4O3/c1-12-3-4-14(18-9-12)17(23)5-7-21(8-6-17)15(22)13-10-19-16(24-2)20-11-13/h3-4,9-11,23H,5-8H2,1-2H3. The zero-order valence-electron chi connectivity index (χ0n) is 13.8. The Bertz CT molecular complexity index is 708. The van der Waals surface area contributed by atoms with E-state index in [1.807, 2.05) is 19.1 Å². The van der Waals surface area contributed by atoms with Gasteiger partial charge in [-0.15, -0.1) is 0 Å². The highest BCUT2D eigenvalue weighted by molar-refractivity contribution is 5.93. The molecule has 0 bridgehead atoms. The zero-order valence-corrected chi connectivity index (χ0v) is 13.8. The number of rotatable bonds is 3. The molecule has 0 spiro atoms. The highest BCUT2D eigenvalue weighted by Gasteiger charge is 2.36. The van der Waals surface area contributed by atoms with Crippen LogP contribution >= 0.6 is 0 Å². The number of piperidine rings is 1. The molecule has 24 heavy (non-hydrogen) atoms. The number of amides is 1. The number of aromatic nitrogens is 3. The van der Waals surface area contributed by atoms with Gasteiger partial charge in [-0.05, 0) is 31.4 Å². The molecule has 0 aliphatic carbocycles. The van der Waals surface area contributed by atoms with Gasteiger partial charge in [-0.3, -0.25) is 9.78 Å². The van der Waals surface area contributed by atoms with Crippen LogP contribution in [0.4, 0.5) is 0 Å². The molecule has 0 saturated carbocycles. The van der Waals surface area contributed by atoms with Crippen LogP contribution in [0.3, 0.4) is 0 Å². The minimum Gasteiger partial charge on any atom is -0.467 e. The predicted molar refractivity (Wildman–Crippen MR) is 86.6 cm³/mol. The Morgan fingerprint density at radius 3 is 2.38 bits per heavy atom. The number of nitrogens with zero attached hydrogens (tertiary/aromatic N) is 4. The van der Waals surface area contributed by atoms with Crippen molar-refractivity contribution in [1.82, 2.24) is 19.9 Å². The molecule has 1 saturated heterocycles. The smallest absolute Gasteiger partial charge is 0.316 e. The molecule has 2 aromatic heterocycles. The van der Waals surface area contributed by atoms with Crippen LogP contribution in [0.25, 0.3) is 0 Å². The van der Waals surface area contributed by atoms with E-state index >= 15 is 0 Å². The second-order valence-corrected chi connectivity index (χ2v) is 6.00. The van der Waals surface area contributed by atoms with Gasteiger partial charge < -0.3 is 14.7 Å². The molecular weight excluding hydrogens is 308 g/mol. The van der Waals surface area contributed by atoms with Crippen molar-refractivity contribution >= 4 is 5.91 Å². The van der Waals surface area contributed by atoms with E-state index in [4.69, 9.17) is 4.74 Å². The van der Waals surface area contributed by atoms with Crippen molar-refractivity contribution in [2.45, 2.75) is 25.4 Å². The maximum atomic E-state index is 12.5. The van der Waals surface area contributed by atoms with Gasteiger partial charge in [0.05, 0.1) is 18.4 Å². The second kappa shape index (κ2) is 6.52. The molecule has 1 aliphatic rings. The van der Waals surface area contributed by atoms with Crippen molar-refractivity contribution in [3.8, 4) is 6.01 Å². The molecule has 1 aliphatic heterocycles. The summed E-state index contributed by atoms with van der Waals surface area (Å²) in [5.74, 6) is -0.142. The lowest BCUT2D eigenvalue weighted by Crippen LogP contribution is -2.45. The number of pyridine rings is 1. The quantitative estimate of drug-likeness (QED) is 0.914. The molecule has 1 fully saturated rings. The minimum atomic E-state index is -0.985. The molecule has 3 rings (SSSR count). The summed E-state index contributed by atoms with van der Waals surface area (Å²) in [4.78, 5) is 26.4. The van der Waals surface area contributed by atoms with E-state index in [9.17, 15) is 9.90 Å². The highest BCUT2D eigenvalue weighted by atomic mass is 16.5. The fourth-order valence-corrected chi connectivity index (χ4v) is 2.79. The largest absolute Gasteiger partial charge is 0.467 e. The van der Waals surface area contributed by atoms with Crippen LogP contribution in [0.5, 0.6) is 6.01 Å². The first-order valence-corrected chi connectivity index (χ1v) is 7.83. The summed E-state index contributed by atoms with van der Waals surface area (Å²) in [6.07, 6.45) is 5.56. The number of hydrogen-bond acceptors (Lipinski definition) is 6. The third-order valence-corrected chi connectivity index (χ3v) is 4.32. The normalized spacial score (nSPS) is 16.7. The summed E-state index contributed by atoms with van der Waals surface area (Å²) >= 11 is 0. The molecule has 7 heteroatoms. The van der Waals surface area contributed by atoms with Crippen LogP contribution in [0.15, 0.2) is 30.7 Å². The maximum absolute atomic E-state index is 12.5. The lowest BCUT2D eigenvalue weighted by atomic mass is 9.87.